The summed E-state index contributed by atoms with van der Waals surface area (Å²) >= 11 is 0. The van der Waals surface area contributed by atoms with E-state index in [1.807, 2.05) is 0 Å². The van der Waals surface area contributed by atoms with Gasteiger partial charge in [-0.25, -0.2) is 0 Å². The van der Waals surface area contributed by atoms with Crippen molar-refractivity contribution in [2.45, 2.75) is 43.2 Å². The maximum Gasteiger partial charge on any atom is 0.308 e. The van der Waals surface area contributed by atoms with Crippen LogP contribution in [-0.2, 0) is 19.0 Å². The lowest BCUT2D eigenvalue weighted by molar-refractivity contribution is -0.310. The lowest BCUT2D eigenvalue weighted by Crippen LogP contribution is -2.59. The highest BCUT2D eigenvalue weighted by molar-refractivity contribution is 5.71. The first-order valence-corrected chi connectivity index (χ1v) is 5.64. The number of esters is 1. The first-order chi connectivity index (χ1) is 8.52. The molecule has 0 saturated carbocycles. The van der Waals surface area contributed by atoms with Gasteiger partial charge in [-0.1, -0.05) is 0 Å². The van der Waals surface area contributed by atoms with Gasteiger partial charge >= 0.3 is 5.97 Å². The van der Waals surface area contributed by atoms with Gasteiger partial charge in [0.05, 0.1) is 13.0 Å². The number of rotatable bonds is 3. The average Bonchev–Trinajstić information content (AvgIpc) is 2.75. The molecule has 0 bridgehead atoms. The molecule has 2 aliphatic rings. The van der Waals surface area contributed by atoms with Crippen LogP contribution in [0.1, 0.15) is 6.42 Å². The van der Waals surface area contributed by atoms with Gasteiger partial charge in [0, 0.05) is 0 Å². The van der Waals surface area contributed by atoms with Crippen molar-refractivity contribution in [3.05, 3.63) is 0 Å². The van der Waals surface area contributed by atoms with E-state index in [1.165, 1.54) is 0 Å². The SMILES string of the molecule is O=C1C[C@H](O[C@H]2O[C@H](CO)[C@@H](O)[C@H](O)[C@@H]2O)CO1. The van der Waals surface area contributed by atoms with Crippen LogP contribution >= 0.6 is 0 Å². The molecule has 6 atom stereocenters. The molecule has 4 N–H and O–H groups in total. The molecule has 0 aromatic rings. The topological polar surface area (TPSA) is 126 Å². The number of hydrogen-bond acceptors (Lipinski definition) is 8. The fourth-order valence-electron chi connectivity index (χ4n) is 1.95. The smallest absolute Gasteiger partial charge is 0.308 e. The number of cyclic esters (lactones) is 1. The van der Waals surface area contributed by atoms with Gasteiger partial charge in [-0.05, 0) is 0 Å². The van der Waals surface area contributed by atoms with Crippen LogP contribution in [-0.4, -0.2) is 76.4 Å². The fourth-order valence-corrected chi connectivity index (χ4v) is 1.95. The van der Waals surface area contributed by atoms with Gasteiger partial charge in [-0.3, -0.25) is 4.79 Å². The summed E-state index contributed by atoms with van der Waals surface area (Å²) < 4.78 is 15.1. The Labute approximate surface area is 103 Å². The van der Waals surface area contributed by atoms with E-state index >= 15 is 0 Å². The second kappa shape index (κ2) is 5.47. The number of aliphatic hydroxyl groups excluding tert-OH is 4. The summed E-state index contributed by atoms with van der Waals surface area (Å²) in [5, 5.41) is 37.7. The van der Waals surface area contributed by atoms with Gasteiger partial charge < -0.3 is 34.6 Å². The second-order valence-corrected chi connectivity index (χ2v) is 4.34. The Kier molecular flexibility index (Phi) is 4.15. The second-order valence-electron chi connectivity index (χ2n) is 4.34. The monoisotopic (exact) mass is 264 g/mol. The Hall–Kier alpha value is -0.770. The van der Waals surface area contributed by atoms with Gasteiger partial charge in [0.1, 0.15) is 37.1 Å². The zero-order valence-electron chi connectivity index (χ0n) is 9.51. The Bertz CT molecular complexity index is 306. The van der Waals surface area contributed by atoms with E-state index in [0.717, 1.165) is 0 Å². The molecule has 0 aromatic carbocycles. The van der Waals surface area contributed by atoms with Crippen LogP contribution in [0.3, 0.4) is 0 Å². The van der Waals surface area contributed by atoms with Crippen LogP contribution in [0.25, 0.3) is 0 Å². The highest BCUT2D eigenvalue weighted by Crippen LogP contribution is 2.24. The zero-order valence-corrected chi connectivity index (χ0v) is 9.51. The molecule has 0 aliphatic carbocycles. The van der Waals surface area contributed by atoms with Crippen molar-refractivity contribution in [3.8, 4) is 0 Å². The molecule has 18 heavy (non-hydrogen) atoms. The van der Waals surface area contributed by atoms with Gasteiger partial charge in [-0.2, -0.15) is 0 Å². The quantitative estimate of drug-likeness (QED) is 0.400. The predicted molar refractivity (Wildman–Crippen MR) is 54.2 cm³/mol. The summed E-state index contributed by atoms with van der Waals surface area (Å²) in [5.41, 5.74) is 0. The third-order valence-corrected chi connectivity index (χ3v) is 3.00. The minimum absolute atomic E-state index is 0.0367. The normalized spacial score (nSPS) is 45.0. The highest BCUT2D eigenvalue weighted by Gasteiger charge is 2.45. The molecule has 2 rings (SSSR count). The standard InChI is InChI=1S/C10H16O8/c11-2-5-7(13)8(14)9(15)10(18-5)17-4-1-6(12)16-3-4/h4-5,7-11,13-15H,1-3H2/t4-,5+,7+,8-,9-,10-/m0/s1. The first kappa shape index (κ1) is 13.7. The van der Waals surface area contributed by atoms with Crippen molar-refractivity contribution < 1.29 is 39.4 Å². The van der Waals surface area contributed by atoms with E-state index in [9.17, 15) is 20.1 Å². The third kappa shape index (κ3) is 2.63. The molecule has 104 valence electrons. The summed E-state index contributed by atoms with van der Waals surface area (Å²) in [5.74, 6) is -0.412. The molecular weight excluding hydrogens is 248 g/mol. The summed E-state index contributed by atoms with van der Waals surface area (Å²) in [6, 6.07) is 0. The van der Waals surface area contributed by atoms with Gasteiger partial charge in [0.2, 0.25) is 0 Å². The van der Waals surface area contributed by atoms with Gasteiger partial charge in [0.25, 0.3) is 0 Å². The van der Waals surface area contributed by atoms with Crippen molar-refractivity contribution in [2.24, 2.45) is 0 Å². The van der Waals surface area contributed by atoms with E-state index in [0.29, 0.717) is 0 Å². The molecule has 2 fully saturated rings. The number of hydrogen-bond donors (Lipinski definition) is 4. The zero-order chi connectivity index (χ0) is 13.3. The molecule has 8 nitrogen and oxygen atoms in total. The van der Waals surface area contributed by atoms with Crippen LogP contribution in [0.15, 0.2) is 0 Å². The summed E-state index contributed by atoms with van der Waals surface area (Å²) in [4.78, 5) is 10.9. The third-order valence-electron chi connectivity index (χ3n) is 3.00. The number of ether oxygens (including phenoxy) is 3. The van der Waals surface area contributed by atoms with Crippen molar-refractivity contribution in [3.63, 3.8) is 0 Å². The Morgan fingerprint density at radius 1 is 1.22 bits per heavy atom. The van der Waals surface area contributed by atoms with Crippen molar-refractivity contribution >= 4 is 5.97 Å². The summed E-state index contributed by atoms with van der Waals surface area (Å²) in [6.45, 7) is -0.473. The Morgan fingerprint density at radius 2 is 1.94 bits per heavy atom. The molecule has 0 aromatic heterocycles. The molecule has 0 amide bonds. The highest BCUT2D eigenvalue weighted by atomic mass is 16.7. The van der Waals surface area contributed by atoms with Crippen LogP contribution in [0.4, 0.5) is 0 Å². The van der Waals surface area contributed by atoms with Crippen molar-refractivity contribution in [1.29, 1.82) is 0 Å². The van der Waals surface area contributed by atoms with E-state index in [2.05, 4.69) is 4.74 Å². The number of carbonyl (C=O) groups is 1. The molecule has 0 spiro atoms. The lowest BCUT2D eigenvalue weighted by Gasteiger charge is -2.40. The summed E-state index contributed by atoms with van der Waals surface area (Å²) in [7, 11) is 0. The molecule has 0 radical (unpaired) electrons. The van der Waals surface area contributed by atoms with Crippen molar-refractivity contribution in [1.82, 2.24) is 0 Å². The summed E-state index contributed by atoms with van der Waals surface area (Å²) in [6.07, 6.45) is -7.15. The van der Waals surface area contributed by atoms with E-state index in [-0.39, 0.29) is 13.0 Å². The molecule has 2 saturated heterocycles. The molecule has 2 aliphatic heterocycles. The minimum Gasteiger partial charge on any atom is -0.463 e. The Morgan fingerprint density at radius 3 is 2.50 bits per heavy atom. The van der Waals surface area contributed by atoms with Crippen molar-refractivity contribution in [2.75, 3.05) is 13.2 Å². The van der Waals surface area contributed by atoms with Crippen LogP contribution in [0.2, 0.25) is 0 Å². The van der Waals surface area contributed by atoms with Gasteiger partial charge in [-0.15, -0.1) is 0 Å². The largest absolute Gasteiger partial charge is 0.463 e. The number of carbonyl (C=O) groups excluding carboxylic acids is 1. The predicted octanol–water partition coefficient (Wildman–Crippen LogP) is -2.88. The van der Waals surface area contributed by atoms with Crippen LogP contribution in [0.5, 0.6) is 0 Å². The van der Waals surface area contributed by atoms with E-state index < -0.39 is 49.4 Å². The first-order valence-electron chi connectivity index (χ1n) is 5.64. The number of aliphatic hydroxyl groups is 4. The van der Waals surface area contributed by atoms with E-state index in [4.69, 9.17) is 14.6 Å². The molecule has 2 heterocycles. The fraction of sp³-hybridized carbons (Fsp3) is 0.900. The van der Waals surface area contributed by atoms with E-state index in [1.54, 1.807) is 0 Å². The molecule has 0 unspecified atom stereocenters. The maximum atomic E-state index is 10.9. The Balaban J connectivity index is 1.96. The van der Waals surface area contributed by atoms with Crippen LogP contribution < -0.4 is 0 Å². The van der Waals surface area contributed by atoms with Crippen LogP contribution in [0, 0.1) is 0 Å². The lowest BCUT2D eigenvalue weighted by atomic mass is 9.99. The average molecular weight is 264 g/mol. The maximum absolute atomic E-state index is 10.9. The molecule has 8 heteroatoms. The molecular formula is C10H16O8. The van der Waals surface area contributed by atoms with Gasteiger partial charge in [0.15, 0.2) is 6.29 Å². The minimum atomic E-state index is -1.49.